The minimum Gasteiger partial charge on any atom is -0.480 e. The molecule has 1 heterocycles. The molecule has 0 aliphatic carbocycles. The summed E-state index contributed by atoms with van der Waals surface area (Å²) in [5, 5.41) is 35.8. The van der Waals surface area contributed by atoms with E-state index in [1.807, 2.05) is 50.3 Å². The number of nitrogens with zero attached hydrogens (tertiary/aromatic N) is 1. The third kappa shape index (κ3) is 18.3. The van der Waals surface area contributed by atoms with E-state index in [1.54, 1.807) is 63.4 Å². The Bertz CT molecular complexity index is 2290. The third-order valence-electron chi connectivity index (χ3n) is 12.3. The minimum atomic E-state index is -1.86. The molecule has 1 saturated heterocycles. The average Bonchev–Trinajstić information content (AvgIpc) is 3.32. The van der Waals surface area contributed by atoms with Crippen molar-refractivity contribution in [2.75, 3.05) is 14.2 Å². The first-order chi connectivity index (χ1) is 33.4. The van der Waals surface area contributed by atoms with Gasteiger partial charge < -0.3 is 51.8 Å². The molecule has 19 nitrogen and oxygen atoms in total. The van der Waals surface area contributed by atoms with Crippen LogP contribution >= 0.6 is 0 Å². The molecule has 1 aliphatic heterocycles. The van der Waals surface area contributed by atoms with E-state index in [-0.39, 0.29) is 30.8 Å². The van der Waals surface area contributed by atoms with Gasteiger partial charge in [0.15, 0.2) is 0 Å². The zero-order valence-electron chi connectivity index (χ0n) is 42.0. The Morgan fingerprint density at radius 3 is 1.87 bits per heavy atom. The molecule has 2 aromatic carbocycles. The number of allylic oxidation sites excluding steroid dienone is 2. The van der Waals surface area contributed by atoms with E-state index >= 15 is 0 Å². The number of methoxy groups -OCH3 is 1. The van der Waals surface area contributed by atoms with Crippen LogP contribution in [-0.4, -0.2) is 125 Å². The number of ether oxygens (including phenoxy) is 1. The summed E-state index contributed by atoms with van der Waals surface area (Å²) < 4.78 is 5.83. The van der Waals surface area contributed by atoms with E-state index in [0.717, 1.165) is 16.0 Å². The smallest absolute Gasteiger partial charge is 0.327 e. The van der Waals surface area contributed by atoms with Gasteiger partial charge in [0, 0.05) is 32.9 Å². The van der Waals surface area contributed by atoms with Gasteiger partial charge in [0.2, 0.25) is 35.4 Å². The van der Waals surface area contributed by atoms with E-state index < -0.39 is 120 Å². The standard InChI is InChI=1S/C52H71N7O12/c1-29(2)25-40-50(66)58-44(52(69)70)33(6)46(62)56-41(27-36-17-13-11-14-18-36)49(65)54-38(22-21-30(3)26-31(4)42(71-10)28-37-19-15-12-16-20-37)32(5)45(61)55-39(51(67)68)23-24-43(60)59(9)35(8)48(64)53-34(7)47(63)57-40/h11-22,26,29,31-34,38-42,44H,8,23-25,27-28H2,1-7,9-10H3,(H,53,64)(H,54,65)(H,55,61)(H,56,62)(H,57,63)(H,58,66)(H,67,68)(H,69,70)/t31-,32-,33-,34+,38-,39+,40-,41-,42-,44+/m0/s1. The summed E-state index contributed by atoms with van der Waals surface area (Å²) in [6, 6.07) is 9.78. The molecule has 2 aromatic rings. The molecule has 3 rings (SSSR count). The summed E-state index contributed by atoms with van der Waals surface area (Å²) in [4.78, 5) is 122. The second-order valence-electron chi connectivity index (χ2n) is 18.5. The fourth-order valence-corrected chi connectivity index (χ4v) is 7.74. The molecule has 7 amide bonds. The van der Waals surface area contributed by atoms with Crippen LogP contribution in [0.3, 0.4) is 0 Å². The molecule has 1 fully saturated rings. The first-order valence-electron chi connectivity index (χ1n) is 23.6. The monoisotopic (exact) mass is 986 g/mol. The summed E-state index contributed by atoms with van der Waals surface area (Å²) in [7, 11) is 2.85. The zero-order valence-corrected chi connectivity index (χ0v) is 42.0. The van der Waals surface area contributed by atoms with Gasteiger partial charge >= 0.3 is 11.9 Å². The zero-order chi connectivity index (χ0) is 53.1. The van der Waals surface area contributed by atoms with Crippen LogP contribution in [0, 0.1) is 23.7 Å². The van der Waals surface area contributed by atoms with Crippen molar-refractivity contribution in [3.8, 4) is 0 Å². The number of hydrogen-bond acceptors (Lipinski definition) is 10. The van der Waals surface area contributed by atoms with Crippen LogP contribution in [0.5, 0.6) is 0 Å². The number of carboxylic acids is 2. The number of rotatable bonds is 13. The van der Waals surface area contributed by atoms with Gasteiger partial charge in [-0.05, 0) is 50.2 Å². The Morgan fingerprint density at radius 2 is 1.31 bits per heavy atom. The molecular weight excluding hydrogens is 915 g/mol. The van der Waals surface area contributed by atoms with Crippen LogP contribution in [0.15, 0.2) is 96.7 Å². The predicted molar refractivity (Wildman–Crippen MR) is 265 cm³/mol. The molecule has 0 saturated carbocycles. The van der Waals surface area contributed by atoms with Crippen molar-refractivity contribution in [2.45, 2.75) is 123 Å². The summed E-state index contributed by atoms with van der Waals surface area (Å²) in [6.07, 6.45) is 4.66. The third-order valence-corrected chi connectivity index (χ3v) is 12.3. The van der Waals surface area contributed by atoms with E-state index in [0.29, 0.717) is 12.0 Å². The van der Waals surface area contributed by atoms with E-state index in [9.17, 15) is 53.4 Å². The molecule has 0 radical (unpaired) electrons. The van der Waals surface area contributed by atoms with Gasteiger partial charge in [0.1, 0.15) is 35.9 Å². The number of carbonyl (C=O) groups excluding carboxylic acids is 7. The lowest BCUT2D eigenvalue weighted by molar-refractivity contribution is -0.146. The molecule has 0 bridgehead atoms. The molecule has 8 N–H and O–H groups in total. The van der Waals surface area contributed by atoms with Gasteiger partial charge in [-0.2, -0.15) is 0 Å². The Balaban J connectivity index is 2.14. The SMILES string of the molecule is C=C1C(=O)N[C@H](C)C(=O)N[C@@H](CC(C)C)C(=O)N[C@@H](C(=O)O)[C@H](C)C(=O)N[C@@H](Cc2ccccc2)C(=O)N[C@@H](C=CC(C)=C[C@H](C)[C@H](Cc2ccccc2)OC)[C@H](C)C(=O)N[C@@H](C(=O)O)CCC(=O)N1C. The van der Waals surface area contributed by atoms with Gasteiger partial charge in [-0.3, -0.25) is 33.6 Å². The number of likely N-dealkylation sites (N-methyl/N-ethyl adjacent to an activating group) is 1. The van der Waals surface area contributed by atoms with E-state index in [2.05, 4.69) is 38.5 Å². The molecule has 0 unspecified atom stereocenters. The van der Waals surface area contributed by atoms with Gasteiger partial charge in [0.05, 0.1) is 24.0 Å². The lowest BCUT2D eigenvalue weighted by Crippen LogP contribution is -2.59. The molecule has 0 spiro atoms. The summed E-state index contributed by atoms with van der Waals surface area (Å²) in [5.41, 5.74) is 2.01. The maximum atomic E-state index is 14.5. The van der Waals surface area contributed by atoms with Crippen molar-refractivity contribution >= 4 is 53.3 Å². The van der Waals surface area contributed by atoms with E-state index in [1.165, 1.54) is 27.8 Å². The van der Waals surface area contributed by atoms with Crippen LogP contribution in [0.25, 0.3) is 0 Å². The Morgan fingerprint density at radius 1 is 0.746 bits per heavy atom. The highest BCUT2D eigenvalue weighted by atomic mass is 16.5. The van der Waals surface area contributed by atoms with Gasteiger partial charge in [-0.25, -0.2) is 9.59 Å². The van der Waals surface area contributed by atoms with Gasteiger partial charge in [-0.15, -0.1) is 0 Å². The van der Waals surface area contributed by atoms with Crippen molar-refractivity contribution in [1.82, 2.24) is 36.8 Å². The molecule has 386 valence electrons. The maximum Gasteiger partial charge on any atom is 0.327 e. The average molecular weight is 986 g/mol. The number of nitrogens with one attached hydrogen (secondary N) is 6. The summed E-state index contributed by atoms with van der Waals surface area (Å²) in [6.45, 7) is 15.0. The van der Waals surface area contributed by atoms with Crippen molar-refractivity contribution < 1.29 is 58.1 Å². The Labute approximate surface area is 415 Å². The molecular formula is C52H71N7O12. The number of benzene rings is 2. The Hall–Kier alpha value is -7.15. The normalized spacial score (nSPS) is 25.4. The quantitative estimate of drug-likeness (QED) is 0.106. The van der Waals surface area contributed by atoms with Crippen molar-refractivity contribution in [1.29, 1.82) is 0 Å². The fraction of sp³-hybridized carbons (Fsp3) is 0.481. The second kappa shape index (κ2) is 27.9. The van der Waals surface area contributed by atoms with E-state index in [4.69, 9.17) is 4.74 Å². The lowest BCUT2D eigenvalue weighted by atomic mass is 9.94. The van der Waals surface area contributed by atoms with Crippen molar-refractivity contribution in [2.24, 2.45) is 23.7 Å². The van der Waals surface area contributed by atoms with Crippen molar-refractivity contribution in [3.05, 3.63) is 108 Å². The lowest BCUT2D eigenvalue weighted by Gasteiger charge is -2.29. The highest BCUT2D eigenvalue weighted by Crippen LogP contribution is 2.19. The number of carbonyl (C=O) groups is 9. The largest absolute Gasteiger partial charge is 0.480 e. The van der Waals surface area contributed by atoms with Crippen LogP contribution in [0.2, 0.25) is 0 Å². The van der Waals surface area contributed by atoms with Crippen molar-refractivity contribution in [3.63, 3.8) is 0 Å². The molecule has 1 aliphatic rings. The molecule has 0 aromatic heterocycles. The number of carboxylic acid groups (broad SMARTS) is 2. The molecule has 71 heavy (non-hydrogen) atoms. The second-order valence-corrected chi connectivity index (χ2v) is 18.5. The topological polar surface area (TPSA) is 279 Å². The van der Waals surface area contributed by atoms with Crippen LogP contribution in [0.1, 0.15) is 78.9 Å². The maximum absolute atomic E-state index is 14.5. The first kappa shape index (κ1) is 58.2. The fourth-order valence-electron chi connectivity index (χ4n) is 7.74. The van der Waals surface area contributed by atoms with Gasteiger partial charge in [0.25, 0.3) is 5.91 Å². The Kier molecular flexibility index (Phi) is 22.8. The highest BCUT2D eigenvalue weighted by Gasteiger charge is 2.37. The van der Waals surface area contributed by atoms with Crippen LogP contribution in [0.4, 0.5) is 0 Å². The minimum absolute atomic E-state index is 0.0213. The number of hydrogen-bond donors (Lipinski definition) is 8. The molecule has 10 atom stereocenters. The first-order valence-corrected chi connectivity index (χ1v) is 23.6. The number of amides is 7. The number of aliphatic carboxylic acids is 2. The summed E-state index contributed by atoms with van der Waals surface area (Å²) >= 11 is 0. The molecule has 19 heteroatoms. The van der Waals surface area contributed by atoms with Crippen LogP contribution in [-0.2, 0) is 60.7 Å². The highest BCUT2D eigenvalue weighted by molar-refractivity contribution is 6.00. The van der Waals surface area contributed by atoms with Gasteiger partial charge in [-0.1, -0.05) is 126 Å². The predicted octanol–water partition coefficient (Wildman–Crippen LogP) is 2.81. The van der Waals surface area contributed by atoms with Crippen LogP contribution < -0.4 is 31.9 Å². The summed E-state index contributed by atoms with van der Waals surface area (Å²) in [5.74, 6) is -12.1.